The molecule has 1 atom stereocenters. The minimum atomic E-state index is -0.726. The van der Waals surface area contributed by atoms with E-state index in [1.165, 1.54) is 0 Å². The quantitative estimate of drug-likeness (QED) is 0.919. The molecule has 0 amide bonds. The minimum Gasteiger partial charge on any atom is -0.387 e. The normalized spacial score (nSPS) is 27.6. The standard InChI is InChI=1S/C14H24N2O2S/c1-11-15-12(8-19-11)7-16-6-5-14(17,10-18-4)13(2,3)9-16/h8,17H,5-7,9-10H2,1-4H3/t14-/m1/s1. The van der Waals surface area contributed by atoms with Crippen LogP contribution in [0.25, 0.3) is 0 Å². The van der Waals surface area contributed by atoms with Crippen LogP contribution in [0.15, 0.2) is 5.38 Å². The number of aryl methyl sites for hydroxylation is 1. The number of ether oxygens (including phenoxy) is 1. The summed E-state index contributed by atoms with van der Waals surface area (Å²) in [6, 6.07) is 0. The highest BCUT2D eigenvalue weighted by molar-refractivity contribution is 7.09. The lowest BCUT2D eigenvalue weighted by Gasteiger charge is -2.49. The SMILES string of the molecule is COC[C@]1(O)CCN(Cc2csc(C)n2)CC1(C)C. The fraction of sp³-hybridized carbons (Fsp3) is 0.786. The maximum atomic E-state index is 10.7. The van der Waals surface area contributed by atoms with Gasteiger partial charge in [-0.25, -0.2) is 4.98 Å². The van der Waals surface area contributed by atoms with Gasteiger partial charge in [0, 0.05) is 37.5 Å². The Labute approximate surface area is 119 Å². The molecule has 1 aromatic rings. The molecular weight excluding hydrogens is 260 g/mol. The number of methoxy groups -OCH3 is 1. The van der Waals surface area contributed by atoms with Gasteiger partial charge in [-0.2, -0.15) is 0 Å². The Balaban J connectivity index is 2.01. The molecule has 108 valence electrons. The predicted octanol–water partition coefficient (Wildman–Crippen LogP) is 2.06. The molecule has 1 aliphatic heterocycles. The summed E-state index contributed by atoms with van der Waals surface area (Å²) in [6.45, 7) is 9.30. The Morgan fingerprint density at radius 1 is 1.53 bits per heavy atom. The van der Waals surface area contributed by atoms with Crippen LogP contribution in [0.1, 0.15) is 31.0 Å². The third-order valence-corrected chi connectivity index (χ3v) is 4.98. The zero-order valence-electron chi connectivity index (χ0n) is 12.3. The number of aliphatic hydroxyl groups is 1. The maximum Gasteiger partial charge on any atom is 0.0954 e. The number of aromatic nitrogens is 1. The molecule has 0 saturated carbocycles. The molecule has 5 heteroatoms. The van der Waals surface area contributed by atoms with Crippen molar-refractivity contribution in [3.05, 3.63) is 16.1 Å². The summed E-state index contributed by atoms with van der Waals surface area (Å²) in [5.74, 6) is 0. The van der Waals surface area contributed by atoms with Crippen molar-refractivity contribution in [2.45, 2.75) is 39.3 Å². The molecule has 0 spiro atoms. The molecule has 0 unspecified atom stereocenters. The lowest BCUT2D eigenvalue weighted by molar-refractivity contribution is -0.151. The smallest absolute Gasteiger partial charge is 0.0954 e. The number of piperidine rings is 1. The van der Waals surface area contributed by atoms with Crippen molar-refractivity contribution in [2.24, 2.45) is 5.41 Å². The summed E-state index contributed by atoms with van der Waals surface area (Å²) in [4.78, 5) is 6.89. The largest absolute Gasteiger partial charge is 0.387 e. The zero-order valence-corrected chi connectivity index (χ0v) is 13.1. The number of thiazole rings is 1. The van der Waals surface area contributed by atoms with E-state index in [9.17, 15) is 5.11 Å². The first-order valence-electron chi connectivity index (χ1n) is 6.71. The zero-order chi connectivity index (χ0) is 14.1. The van der Waals surface area contributed by atoms with E-state index in [1.54, 1.807) is 18.4 Å². The van der Waals surface area contributed by atoms with E-state index in [0.29, 0.717) is 6.61 Å². The van der Waals surface area contributed by atoms with Gasteiger partial charge in [0.15, 0.2) is 0 Å². The van der Waals surface area contributed by atoms with Crippen LogP contribution in [-0.4, -0.2) is 47.4 Å². The van der Waals surface area contributed by atoms with E-state index in [0.717, 1.165) is 36.8 Å². The van der Waals surface area contributed by atoms with Crippen molar-refractivity contribution < 1.29 is 9.84 Å². The second-order valence-corrected chi connectivity index (χ2v) is 7.23. The van der Waals surface area contributed by atoms with Crippen LogP contribution in [0.2, 0.25) is 0 Å². The summed E-state index contributed by atoms with van der Waals surface area (Å²) < 4.78 is 5.20. The number of nitrogens with zero attached hydrogens (tertiary/aromatic N) is 2. The summed E-state index contributed by atoms with van der Waals surface area (Å²) in [7, 11) is 1.65. The van der Waals surface area contributed by atoms with E-state index in [4.69, 9.17) is 4.74 Å². The van der Waals surface area contributed by atoms with Crippen LogP contribution >= 0.6 is 11.3 Å². The Hall–Kier alpha value is -0.490. The van der Waals surface area contributed by atoms with Gasteiger partial charge in [-0.3, -0.25) is 4.90 Å². The van der Waals surface area contributed by atoms with Gasteiger partial charge in [0.2, 0.25) is 0 Å². The first kappa shape index (κ1) is 14.9. The molecular formula is C14H24N2O2S. The van der Waals surface area contributed by atoms with Crippen LogP contribution in [-0.2, 0) is 11.3 Å². The fourth-order valence-electron chi connectivity index (χ4n) is 2.82. The van der Waals surface area contributed by atoms with E-state index in [2.05, 4.69) is 29.1 Å². The second kappa shape index (κ2) is 5.48. The van der Waals surface area contributed by atoms with Gasteiger partial charge in [0.25, 0.3) is 0 Å². The molecule has 0 aliphatic carbocycles. The third-order valence-electron chi connectivity index (χ3n) is 4.16. The fourth-order valence-corrected chi connectivity index (χ4v) is 3.42. The third kappa shape index (κ3) is 3.16. The summed E-state index contributed by atoms with van der Waals surface area (Å²) in [6.07, 6.45) is 0.747. The van der Waals surface area contributed by atoms with Gasteiger partial charge in [-0.15, -0.1) is 11.3 Å². The number of hydrogen-bond donors (Lipinski definition) is 1. The number of hydrogen-bond acceptors (Lipinski definition) is 5. The van der Waals surface area contributed by atoms with E-state index < -0.39 is 5.60 Å². The molecule has 2 heterocycles. The lowest BCUT2D eigenvalue weighted by Crippen LogP contribution is -2.59. The molecule has 0 radical (unpaired) electrons. The first-order valence-corrected chi connectivity index (χ1v) is 7.59. The van der Waals surface area contributed by atoms with Crippen LogP contribution in [0.5, 0.6) is 0 Å². The highest BCUT2D eigenvalue weighted by Crippen LogP contribution is 2.39. The Morgan fingerprint density at radius 3 is 2.79 bits per heavy atom. The molecule has 4 nitrogen and oxygen atoms in total. The molecule has 0 bridgehead atoms. The topological polar surface area (TPSA) is 45.6 Å². The van der Waals surface area contributed by atoms with Gasteiger partial charge in [-0.05, 0) is 13.3 Å². The van der Waals surface area contributed by atoms with Crippen molar-refractivity contribution in [3.8, 4) is 0 Å². The Bertz CT molecular complexity index is 433. The summed E-state index contributed by atoms with van der Waals surface area (Å²) >= 11 is 1.69. The van der Waals surface area contributed by atoms with Gasteiger partial charge >= 0.3 is 0 Å². The van der Waals surface area contributed by atoms with Gasteiger partial charge in [0.05, 0.1) is 22.9 Å². The van der Waals surface area contributed by atoms with Crippen LogP contribution < -0.4 is 0 Å². The van der Waals surface area contributed by atoms with E-state index in [-0.39, 0.29) is 5.41 Å². The molecule has 1 N–H and O–H groups in total. The molecule has 1 saturated heterocycles. The van der Waals surface area contributed by atoms with Crippen molar-refractivity contribution in [3.63, 3.8) is 0 Å². The van der Waals surface area contributed by atoms with Gasteiger partial charge in [0.1, 0.15) is 0 Å². The first-order chi connectivity index (χ1) is 8.86. The molecule has 1 aromatic heterocycles. The summed E-state index contributed by atoms with van der Waals surface area (Å²) in [5, 5.41) is 14.0. The molecule has 0 aromatic carbocycles. The van der Waals surface area contributed by atoms with Gasteiger partial charge in [-0.1, -0.05) is 13.8 Å². The average molecular weight is 284 g/mol. The predicted molar refractivity (Wildman–Crippen MR) is 77.4 cm³/mol. The molecule has 2 rings (SSSR count). The minimum absolute atomic E-state index is 0.174. The summed E-state index contributed by atoms with van der Waals surface area (Å²) in [5.41, 5.74) is 0.234. The number of rotatable bonds is 4. The van der Waals surface area contributed by atoms with Crippen LogP contribution in [0, 0.1) is 12.3 Å². The van der Waals surface area contributed by atoms with Crippen molar-refractivity contribution in [2.75, 3.05) is 26.8 Å². The Morgan fingerprint density at radius 2 is 2.26 bits per heavy atom. The van der Waals surface area contributed by atoms with E-state index in [1.807, 2.05) is 6.92 Å². The van der Waals surface area contributed by atoms with Gasteiger partial charge < -0.3 is 9.84 Å². The average Bonchev–Trinajstić information content (AvgIpc) is 2.70. The Kier molecular flexibility index (Phi) is 4.30. The molecule has 1 aliphatic rings. The number of likely N-dealkylation sites (tertiary alicyclic amines) is 1. The maximum absolute atomic E-state index is 10.7. The highest BCUT2D eigenvalue weighted by atomic mass is 32.1. The molecule has 19 heavy (non-hydrogen) atoms. The van der Waals surface area contributed by atoms with Crippen molar-refractivity contribution in [1.82, 2.24) is 9.88 Å². The van der Waals surface area contributed by atoms with Crippen LogP contribution in [0.4, 0.5) is 0 Å². The highest BCUT2D eigenvalue weighted by Gasteiger charge is 2.47. The van der Waals surface area contributed by atoms with Crippen LogP contribution in [0.3, 0.4) is 0 Å². The lowest BCUT2D eigenvalue weighted by atomic mass is 9.70. The monoisotopic (exact) mass is 284 g/mol. The second-order valence-electron chi connectivity index (χ2n) is 6.17. The van der Waals surface area contributed by atoms with Crippen molar-refractivity contribution in [1.29, 1.82) is 0 Å². The van der Waals surface area contributed by atoms with E-state index >= 15 is 0 Å². The van der Waals surface area contributed by atoms with Crippen molar-refractivity contribution >= 4 is 11.3 Å². The molecule has 1 fully saturated rings.